The second-order valence-corrected chi connectivity index (χ2v) is 22.5. The molecular weight excluding hydrogens is 854 g/mol. The molecule has 0 aliphatic heterocycles. The third-order valence-electron chi connectivity index (χ3n) is 13.0. The van der Waals surface area contributed by atoms with E-state index in [0.717, 1.165) is 38.5 Å². The molecule has 0 heterocycles. The van der Waals surface area contributed by atoms with E-state index in [1.54, 1.807) is 0 Å². The van der Waals surface area contributed by atoms with E-state index in [2.05, 4.69) is 38.2 Å². The van der Waals surface area contributed by atoms with Gasteiger partial charge in [0.15, 0.2) is 0 Å². The molecule has 398 valence electrons. The van der Waals surface area contributed by atoms with Gasteiger partial charge in [-0.25, -0.2) is 4.57 Å². The number of carbonyl (C=O) groups excluding carboxylic acids is 1. The Balaban J connectivity index is 4.04. The Hall–Kier alpha value is -1.02. The lowest BCUT2D eigenvalue weighted by atomic mass is 10.0. The number of hydrogen-bond donors (Lipinski definition) is 1. The summed E-state index contributed by atoms with van der Waals surface area (Å²) in [5.74, 6) is -0.307. The van der Waals surface area contributed by atoms with Crippen LogP contribution in [0.25, 0.3) is 0 Å². The summed E-state index contributed by atoms with van der Waals surface area (Å²) in [4.78, 5) is 23.1. The van der Waals surface area contributed by atoms with E-state index in [4.69, 9.17) is 18.5 Å². The van der Waals surface area contributed by atoms with Crippen molar-refractivity contribution in [1.29, 1.82) is 0 Å². The number of nitrogens with zero attached hydrogens (tertiary/aromatic N) is 1. The number of ether oxygens (including phenoxy) is 2. The van der Waals surface area contributed by atoms with Gasteiger partial charge in [0.2, 0.25) is 0 Å². The Morgan fingerprint density at radius 3 is 1.21 bits per heavy atom. The Morgan fingerprint density at radius 2 is 0.821 bits per heavy atom. The minimum atomic E-state index is -4.28. The number of esters is 1. The minimum Gasteiger partial charge on any atom is -0.457 e. The summed E-state index contributed by atoms with van der Waals surface area (Å²) in [7, 11) is 1.68. The molecule has 1 N–H and O–H groups in total. The number of quaternary nitrogens is 1. The molecule has 8 nitrogen and oxygen atoms in total. The van der Waals surface area contributed by atoms with Gasteiger partial charge >= 0.3 is 13.8 Å². The van der Waals surface area contributed by atoms with Crippen LogP contribution in [0.5, 0.6) is 0 Å². The molecule has 0 bridgehead atoms. The molecule has 2 unspecified atom stereocenters. The van der Waals surface area contributed by atoms with Crippen LogP contribution in [0.4, 0.5) is 0 Å². The number of unbranched alkanes of at least 4 members (excludes halogenated alkanes) is 37. The zero-order valence-electron chi connectivity index (χ0n) is 45.4. The van der Waals surface area contributed by atoms with Crippen molar-refractivity contribution < 1.29 is 37.3 Å². The highest BCUT2D eigenvalue weighted by Gasteiger charge is 2.26. The van der Waals surface area contributed by atoms with Crippen molar-refractivity contribution in [3.8, 4) is 0 Å². The maximum Gasteiger partial charge on any atom is 0.472 e. The van der Waals surface area contributed by atoms with Crippen LogP contribution in [0.15, 0.2) is 24.3 Å². The molecule has 0 aliphatic carbocycles. The number of rotatable bonds is 55. The van der Waals surface area contributed by atoms with E-state index >= 15 is 0 Å². The average molecular weight is 970 g/mol. The Morgan fingerprint density at radius 1 is 0.463 bits per heavy atom. The van der Waals surface area contributed by atoms with Crippen molar-refractivity contribution >= 4 is 13.8 Å². The summed E-state index contributed by atoms with van der Waals surface area (Å²) in [6, 6.07) is 0. The molecule has 0 spiro atoms. The summed E-state index contributed by atoms with van der Waals surface area (Å²) in [6.07, 6.45) is 62.4. The number of likely N-dealkylation sites (N-methyl/N-ethyl adjacent to an activating group) is 1. The van der Waals surface area contributed by atoms with Gasteiger partial charge in [0, 0.05) is 13.0 Å². The third-order valence-corrected chi connectivity index (χ3v) is 14.0. The first kappa shape index (κ1) is 66.0. The summed E-state index contributed by atoms with van der Waals surface area (Å²) in [5, 5.41) is 0. The molecule has 0 radical (unpaired) electrons. The quantitative estimate of drug-likeness (QED) is 0.0213. The summed E-state index contributed by atoms with van der Waals surface area (Å²) in [6.45, 7) is 5.67. The van der Waals surface area contributed by atoms with Gasteiger partial charge in [-0.15, -0.1) is 0 Å². The number of carbonyl (C=O) groups is 1. The van der Waals surface area contributed by atoms with Crippen LogP contribution in [0.1, 0.15) is 284 Å². The zero-order chi connectivity index (χ0) is 49.0. The van der Waals surface area contributed by atoms with Gasteiger partial charge in [0.25, 0.3) is 0 Å². The Labute approximate surface area is 417 Å². The minimum absolute atomic E-state index is 0.0907. The van der Waals surface area contributed by atoms with Crippen LogP contribution in [0, 0.1) is 0 Å². The van der Waals surface area contributed by atoms with Crippen LogP contribution in [-0.2, 0) is 27.9 Å². The number of hydrogen-bond acceptors (Lipinski definition) is 6. The van der Waals surface area contributed by atoms with Gasteiger partial charge in [-0.1, -0.05) is 256 Å². The van der Waals surface area contributed by atoms with Crippen molar-refractivity contribution in [2.24, 2.45) is 0 Å². The van der Waals surface area contributed by atoms with E-state index in [9.17, 15) is 14.3 Å². The van der Waals surface area contributed by atoms with Gasteiger partial charge in [-0.05, 0) is 44.9 Å². The predicted molar refractivity (Wildman–Crippen MR) is 289 cm³/mol. The summed E-state index contributed by atoms with van der Waals surface area (Å²) in [5.41, 5.74) is 0. The second kappa shape index (κ2) is 51.3. The highest BCUT2D eigenvalue weighted by atomic mass is 31.2. The standard InChI is InChI=1S/C58H114NO7P/c1-6-8-10-12-14-16-18-20-22-24-26-28-30-31-33-35-37-39-41-43-45-47-49-51-58(60)66-57(56-65-67(61,62)64-54-52-59(3,4)5)55-63-53-50-48-46-44-42-40-38-36-34-32-29-27-25-23-21-19-17-15-13-11-9-7-2/h19,21,25,27,57H,6-18,20,22-24,26,28-56H2,1-5H3/p+1/b21-19-,27-25-. The Kier molecular flexibility index (Phi) is 50.6. The normalized spacial score (nSPS) is 13.6. The molecular formula is C58H115NO7P+. The van der Waals surface area contributed by atoms with Crippen molar-refractivity contribution in [2.45, 2.75) is 290 Å². The van der Waals surface area contributed by atoms with Gasteiger partial charge in [0.05, 0.1) is 34.4 Å². The van der Waals surface area contributed by atoms with Crippen molar-refractivity contribution in [3.63, 3.8) is 0 Å². The van der Waals surface area contributed by atoms with E-state index < -0.39 is 13.9 Å². The average Bonchev–Trinajstić information content (AvgIpc) is 3.29. The monoisotopic (exact) mass is 969 g/mol. The first-order valence-electron chi connectivity index (χ1n) is 29.1. The molecule has 0 amide bonds. The van der Waals surface area contributed by atoms with Crippen LogP contribution < -0.4 is 0 Å². The molecule has 0 fully saturated rings. The van der Waals surface area contributed by atoms with Crippen molar-refractivity contribution in [2.75, 3.05) is 54.1 Å². The molecule has 67 heavy (non-hydrogen) atoms. The molecule has 0 aliphatic rings. The highest BCUT2D eigenvalue weighted by Crippen LogP contribution is 2.43. The molecule has 2 atom stereocenters. The van der Waals surface area contributed by atoms with Crippen LogP contribution in [-0.4, -0.2) is 75.6 Å². The van der Waals surface area contributed by atoms with E-state index in [1.807, 2.05) is 21.1 Å². The first-order valence-corrected chi connectivity index (χ1v) is 30.6. The van der Waals surface area contributed by atoms with E-state index in [1.165, 1.54) is 225 Å². The predicted octanol–water partition coefficient (Wildman–Crippen LogP) is 18.3. The SMILES string of the molecule is CCCCCCC/C=C\C/C=C\CCCCCCCCCCCCOCC(COP(=O)(O)OCC[N+](C)(C)C)OC(=O)CCCCCCCCCCCCCCCCCCCCCCCCC. The molecule has 0 saturated heterocycles. The molecule has 0 saturated carbocycles. The zero-order valence-corrected chi connectivity index (χ0v) is 46.3. The lowest BCUT2D eigenvalue weighted by Crippen LogP contribution is -2.37. The maximum atomic E-state index is 12.8. The first-order chi connectivity index (χ1) is 32.6. The fraction of sp³-hybridized carbons (Fsp3) is 0.914. The van der Waals surface area contributed by atoms with E-state index in [0.29, 0.717) is 24.1 Å². The molecule has 0 rings (SSSR count). The highest BCUT2D eigenvalue weighted by molar-refractivity contribution is 7.47. The van der Waals surface area contributed by atoms with Crippen LogP contribution in [0.3, 0.4) is 0 Å². The van der Waals surface area contributed by atoms with Crippen LogP contribution in [0.2, 0.25) is 0 Å². The van der Waals surface area contributed by atoms with E-state index in [-0.39, 0.29) is 25.8 Å². The topological polar surface area (TPSA) is 91.3 Å². The molecule has 0 aromatic carbocycles. The van der Waals surface area contributed by atoms with Gasteiger partial charge in [-0.3, -0.25) is 13.8 Å². The maximum absolute atomic E-state index is 12.8. The smallest absolute Gasteiger partial charge is 0.457 e. The molecule has 0 aromatic heterocycles. The molecule has 0 aromatic rings. The fourth-order valence-corrected chi connectivity index (χ4v) is 9.27. The van der Waals surface area contributed by atoms with Gasteiger partial charge in [-0.2, -0.15) is 0 Å². The van der Waals surface area contributed by atoms with Crippen molar-refractivity contribution in [1.82, 2.24) is 0 Å². The third kappa shape index (κ3) is 55.8. The lowest BCUT2D eigenvalue weighted by Gasteiger charge is -2.24. The van der Waals surface area contributed by atoms with Gasteiger partial charge < -0.3 is 18.9 Å². The molecule has 9 heteroatoms. The lowest BCUT2D eigenvalue weighted by molar-refractivity contribution is -0.870. The Bertz CT molecular complexity index is 1120. The fourth-order valence-electron chi connectivity index (χ4n) is 8.53. The largest absolute Gasteiger partial charge is 0.472 e. The summed E-state index contributed by atoms with van der Waals surface area (Å²) >= 11 is 0. The summed E-state index contributed by atoms with van der Waals surface area (Å²) < 4.78 is 35.3. The number of phosphoric ester groups is 1. The second-order valence-electron chi connectivity index (χ2n) is 21.0. The van der Waals surface area contributed by atoms with Crippen molar-refractivity contribution in [3.05, 3.63) is 24.3 Å². The van der Waals surface area contributed by atoms with Gasteiger partial charge in [0.1, 0.15) is 19.3 Å². The van der Waals surface area contributed by atoms with Crippen LogP contribution >= 0.6 is 7.82 Å². The number of allylic oxidation sites excluding steroid dienone is 4. The number of phosphoric acid groups is 1.